The highest BCUT2D eigenvalue weighted by molar-refractivity contribution is 5.82. The zero-order valence-corrected chi connectivity index (χ0v) is 14.5. The first kappa shape index (κ1) is 17.4. The van der Waals surface area contributed by atoms with Crippen LogP contribution in [0.15, 0.2) is 0 Å². The lowest BCUT2D eigenvalue weighted by molar-refractivity contribution is -0.117. The van der Waals surface area contributed by atoms with Crippen molar-refractivity contribution in [2.75, 3.05) is 26.3 Å². The Morgan fingerprint density at radius 3 is 2.43 bits per heavy atom. The Balaban J connectivity index is 1.33. The molecule has 0 aromatic carbocycles. The molecule has 0 bridgehead atoms. The molecule has 0 aromatic heterocycles. The van der Waals surface area contributed by atoms with Crippen LogP contribution >= 0.6 is 0 Å². The average molecular weight is 323 g/mol. The highest BCUT2D eigenvalue weighted by atomic mass is 16.5. The van der Waals surface area contributed by atoms with E-state index in [0.29, 0.717) is 30.6 Å². The summed E-state index contributed by atoms with van der Waals surface area (Å²) in [5.41, 5.74) is 0. The molecule has 0 aromatic rings. The highest BCUT2D eigenvalue weighted by Gasteiger charge is 2.34. The van der Waals surface area contributed by atoms with E-state index >= 15 is 0 Å². The minimum absolute atomic E-state index is 0.323. The average Bonchev–Trinajstić information content (AvgIpc) is 3.02. The third-order valence-electron chi connectivity index (χ3n) is 5.72. The van der Waals surface area contributed by atoms with E-state index in [2.05, 4.69) is 4.90 Å². The quantitative estimate of drug-likeness (QED) is 0.674. The second kappa shape index (κ2) is 9.14. The van der Waals surface area contributed by atoms with E-state index in [1.807, 2.05) is 0 Å². The maximum absolute atomic E-state index is 11.6. The van der Waals surface area contributed by atoms with E-state index in [4.69, 9.17) is 9.47 Å². The summed E-state index contributed by atoms with van der Waals surface area (Å²) < 4.78 is 12.2. The molecule has 132 valence electrons. The largest absolute Gasteiger partial charge is 0.378 e. The summed E-state index contributed by atoms with van der Waals surface area (Å²) in [6.45, 7) is 3.23. The first-order valence-electron chi connectivity index (χ1n) is 9.82. The van der Waals surface area contributed by atoms with Crippen LogP contribution < -0.4 is 0 Å². The number of Topliss-reactive ketones (excluding diaryl/α,β-unsaturated/α-hetero) is 1. The van der Waals surface area contributed by atoms with Gasteiger partial charge in [0.05, 0.1) is 18.8 Å². The Kier molecular flexibility index (Phi) is 6.91. The van der Waals surface area contributed by atoms with Crippen molar-refractivity contribution in [3.63, 3.8) is 0 Å². The maximum Gasteiger partial charge on any atom is 0.148 e. The van der Waals surface area contributed by atoms with Gasteiger partial charge in [-0.25, -0.2) is 0 Å². The normalized spacial score (nSPS) is 30.9. The van der Waals surface area contributed by atoms with Gasteiger partial charge in [0.15, 0.2) is 0 Å². The van der Waals surface area contributed by atoms with Gasteiger partial charge >= 0.3 is 0 Å². The molecule has 2 saturated carbocycles. The zero-order chi connectivity index (χ0) is 15.9. The Morgan fingerprint density at radius 2 is 1.65 bits per heavy atom. The fourth-order valence-corrected chi connectivity index (χ4v) is 4.40. The van der Waals surface area contributed by atoms with Crippen molar-refractivity contribution in [2.45, 2.75) is 88.9 Å². The fraction of sp³-hybridized carbons (Fsp3) is 0.947. The summed E-state index contributed by atoms with van der Waals surface area (Å²) in [7, 11) is 0. The van der Waals surface area contributed by atoms with Crippen LogP contribution in [0.25, 0.3) is 0 Å². The summed E-state index contributed by atoms with van der Waals surface area (Å²) in [5, 5.41) is 0. The van der Waals surface area contributed by atoms with Gasteiger partial charge in [0.1, 0.15) is 5.78 Å². The molecule has 1 saturated heterocycles. The van der Waals surface area contributed by atoms with Gasteiger partial charge in [0.2, 0.25) is 0 Å². The van der Waals surface area contributed by atoms with Crippen molar-refractivity contribution in [1.82, 2.24) is 4.90 Å². The van der Waals surface area contributed by atoms with Crippen molar-refractivity contribution in [3.8, 4) is 0 Å². The van der Waals surface area contributed by atoms with Gasteiger partial charge in [-0.1, -0.05) is 32.1 Å². The number of hydrogen-bond donors (Lipinski definition) is 0. The monoisotopic (exact) mass is 323 g/mol. The number of carbonyl (C=O) groups excluding carboxylic acids is 1. The molecular weight excluding hydrogens is 290 g/mol. The van der Waals surface area contributed by atoms with Crippen molar-refractivity contribution < 1.29 is 14.3 Å². The molecule has 23 heavy (non-hydrogen) atoms. The van der Waals surface area contributed by atoms with E-state index in [0.717, 1.165) is 39.0 Å². The number of hydrogen-bond acceptors (Lipinski definition) is 4. The Labute approximate surface area is 140 Å². The van der Waals surface area contributed by atoms with Gasteiger partial charge < -0.3 is 9.47 Å². The Bertz CT molecular complexity index is 368. The van der Waals surface area contributed by atoms with Crippen molar-refractivity contribution in [3.05, 3.63) is 0 Å². The second-order valence-electron chi connectivity index (χ2n) is 7.50. The van der Waals surface area contributed by atoms with Gasteiger partial charge in [0, 0.05) is 32.2 Å². The molecule has 0 unspecified atom stereocenters. The lowest BCUT2D eigenvalue weighted by Crippen LogP contribution is -2.45. The highest BCUT2D eigenvalue weighted by Crippen LogP contribution is 2.27. The summed E-state index contributed by atoms with van der Waals surface area (Å²) >= 11 is 0. The lowest BCUT2D eigenvalue weighted by atomic mass is 9.91. The Morgan fingerprint density at radius 1 is 0.913 bits per heavy atom. The molecule has 0 spiro atoms. The van der Waals surface area contributed by atoms with Crippen LogP contribution in [-0.4, -0.2) is 55.2 Å². The number of carbonyl (C=O) groups is 1. The maximum atomic E-state index is 11.6. The van der Waals surface area contributed by atoms with Crippen LogP contribution in [-0.2, 0) is 14.3 Å². The molecule has 3 fully saturated rings. The van der Waals surface area contributed by atoms with Crippen LogP contribution in [0, 0.1) is 0 Å². The minimum atomic E-state index is 0.323. The predicted octanol–water partition coefficient (Wildman–Crippen LogP) is 3.33. The summed E-state index contributed by atoms with van der Waals surface area (Å²) in [4.78, 5) is 13.9. The molecule has 2 atom stereocenters. The molecule has 1 aliphatic heterocycles. The van der Waals surface area contributed by atoms with E-state index in [1.165, 1.54) is 51.4 Å². The van der Waals surface area contributed by atoms with Gasteiger partial charge in [-0.3, -0.25) is 9.69 Å². The van der Waals surface area contributed by atoms with Crippen LogP contribution in [0.2, 0.25) is 0 Å². The third-order valence-corrected chi connectivity index (χ3v) is 5.72. The molecule has 4 heteroatoms. The fourth-order valence-electron chi connectivity index (χ4n) is 4.40. The molecular formula is C19H33NO3. The molecule has 0 radical (unpaired) electrons. The van der Waals surface area contributed by atoms with Crippen LogP contribution in [0.1, 0.15) is 70.6 Å². The SMILES string of the molecule is O=C1CCN([C@@H]2CCCC[C@H]2OCCCOC2CCCCC2)C1. The summed E-state index contributed by atoms with van der Waals surface area (Å²) in [6, 6.07) is 0.467. The van der Waals surface area contributed by atoms with Crippen molar-refractivity contribution in [1.29, 1.82) is 0 Å². The predicted molar refractivity (Wildman–Crippen MR) is 90.6 cm³/mol. The molecule has 1 heterocycles. The molecule has 3 rings (SSSR count). The summed E-state index contributed by atoms with van der Waals surface area (Å²) in [5.74, 6) is 0.398. The first-order valence-corrected chi connectivity index (χ1v) is 9.82. The van der Waals surface area contributed by atoms with Gasteiger partial charge in [-0.05, 0) is 32.1 Å². The third kappa shape index (κ3) is 5.27. The summed E-state index contributed by atoms with van der Waals surface area (Å²) in [6.07, 6.45) is 14.0. The Hall–Kier alpha value is -0.450. The number of rotatable bonds is 7. The lowest BCUT2D eigenvalue weighted by Gasteiger charge is -2.37. The molecule has 0 amide bonds. The smallest absolute Gasteiger partial charge is 0.148 e. The van der Waals surface area contributed by atoms with Crippen LogP contribution in [0.5, 0.6) is 0 Å². The van der Waals surface area contributed by atoms with E-state index < -0.39 is 0 Å². The van der Waals surface area contributed by atoms with Gasteiger partial charge in [0.25, 0.3) is 0 Å². The van der Waals surface area contributed by atoms with Gasteiger partial charge in [-0.2, -0.15) is 0 Å². The molecule has 2 aliphatic carbocycles. The van der Waals surface area contributed by atoms with Crippen molar-refractivity contribution in [2.24, 2.45) is 0 Å². The van der Waals surface area contributed by atoms with Gasteiger partial charge in [-0.15, -0.1) is 0 Å². The second-order valence-corrected chi connectivity index (χ2v) is 7.50. The van der Waals surface area contributed by atoms with Crippen LogP contribution in [0.3, 0.4) is 0 Å². The molecule has 4 nitrogen and oxygen atoms in total. The number of ether oxygens (including phenoxy) is 2. The van der Waals surface area contributed by atoms with E-state index in [-0.39, 0.29) is 0 Å². The minimum Gasteiger partial charge on any atom is -0.378 e. The first-order chi connectivity index (χ1) is 11.3. The van der Waals surface area contributed by atoms with Crippen molar-refractivity contribution >= 4 is 5.78 Å². The number of nitrogens with zero attached hydrogens (tertiary/aromatic N) is 1. The zero-order valence-electron chi connectivity index (χ0n) is 14.5. The topological polar surface area (TPSA) is 38.8 Å². The van der Waals surface area contributed by atoms with E-state index in [1.54, 1.807) is 0 Å². The number of likely N-dealkylation sites (tertiary alicyclic amines) is 1. The van der Waals surface area contributed by atoms with Crippen LogP contribution in [0.4, 0.5) is 0 Å². The molecule has 0 N–H and O–H groups in total. The standard InChI is InChI=1S/C19H33NO3/c21-16-11-12-20(15-16)18-9-4-5-10-19(18)23-14-6-13-22-17-7-2-1-3-8-17/h17-19H,1-15H2/t18-,19-/m1/s1. The number of ketones is 1. The molecule has 3 aliphatic rings. The van der Waals surface area contributed by atoms with E-state index in [9.17, 15) is 4.79 Å².